The Balaban J connectivity index is 1.76. The number of nitrogens with two attached hydrogens (primary N) is 1. The van der Waals surface area contributed by atoms with Crippen LogP contribution in [0.2, 0.25) is 0 Å². The molecule has 2 N–H and O–H groups in total. The topological polar surface area (TPSA) is 29.3 Å². The highest BCUT2D eigenvalue weighted by atomic mass is 15.2. The quantitative estimate of drug-likeness (QED) is 0.767. The Kier molecular flexibility index (Phi) is 3.06. The summed E-state index contributed by atoms with van der Waals surface area (Å²) in [5, 5.41) is 0. The molecule has 3 unspecified atom stereocenters. The second kappa shape index (κ2) is 4.58. The lowest BCUT2D eigenvalue weighted by atomic mass is 9.79. The van der Waals surface area contributed by atoms with Gasteiger partial charge in [0.15, 0.2) is 0 Å². The zero-order chi connectivity index (χ0) is 12.7. The van der Waals surface area contributed by atoms with E-state index in [9.17, 15) is 0 Å². The van der Waals surface area contributed by atoms with E-state index in [0.717, 1.165) is 36.7 Å². The smallest absolute Gasteiger partial charge is 0.0363 e. The van der Waals surface area contributed by atoms with Crippen molar-refractivity contribution in [2.24, 2.45) is 11.8 Å². The maximum Gasteiger partial charge on any atom is 0.0363 e. The molecule has 0 amide bonds. The van der Waals surface area contributed by atoms with Crippen molar-refractivity contribution in [1.82, 2.24) is 4.90 Å². The summed E-state index contributed by atoms with van der Waals surface area (Å²) in [5.74, 6) is 1.73. The number of rotatable bonds is 1. The summed E-state index contributed by atoms with van der Waals surface area (Å²) in [4.78, 5) is 2.65. The predicted molar refractivity (Wildman–Crippen MR) is 76.1 cm³/mol. The van der Waals surface area contributed by atoms with Crippen LogP contribution in [0.4, 0.5) is 5.69 Å². The Morgan fingerprint density at radius 1 is 1.17 bits per heavy atom. The highest BCUT2D eigenvalue weighted by Gasteiger charge is 2.33. The number of fused-ring (bicyclic) bond motifs is 1. The van der Waals surface area contributed by atoms with Gasteiger partial charge in [-0.1, -0.05) is 26.0 Å². The normalized spacial score (nSPS) is 32.4. The van der Waals surface area contributed by atoms with E-state index in [0.29, 0.717) is 0 Å². The van der Waals surface area contributed by atoms with E-state index in [-0.39, 0.29) is 0 Å². The van der Waals surface area contributed by atoms with Gasteiger partial charge in [-0.2, -0.15) is 0 Å². The van der Waals surface area contributed by atoms with E-state index in [4.69, 9.17) is 5.73 Å². The molecule has 1 aliphatic heterocycles. The average molecular weight is 244 g/mol. The first kappa shape index (κ1) is 12.0. The van der Waals surface area contributed by atoms with Gasteiger partial charge in [0.05, 0.1) is 0 Å². The number of hydrogen-bond donors (Lipinski definition) is 1. The van der Waals surface area contributed by atoms with Gasteiger partial charge in [-0.3, -0.25) is 4.90 Å². The van der Waals surface area contributed by atoms with Gasteiger partial charge in [0, 0.05) is 24.8 Å². The van der Waals surface area contributed by atoms with Crippen molar-refractivity contribution >= 4 is 5.69 Å². The Morgan fingerprint density at radius 2 is 2.00 bits per heavy atom. The summed E-state index contributed by atoms with van der Waals surface area (Å²) in [5.41, 5.74) is 9.90. The fourth-order valence-corrected chi connectivity index (χ4v) is 3.90. The maximum atomic E-state index is 6.09. The lowest BCUT2D eigenvalue weighted by Crippen LogP contribution is -2.39. The molecule has 3 atom stereocenters. The molecule has 2 aliphatic rings. The van der Waals surface area contributed by atoms with E-state index < -0.39 is 0 Å². The van der Waals surface area contributed by atoms with Crippen LogP contribution in [0.5, 0.6) is 0 Å². The third-order valence-electron chi connectivity index (χ3n) is 4.90. The Bertz CT molecular complexity index is 441. The van der Waals surface area contributed by atoms with Gasteiger partial charge in [-0.05, 0) is 48.3 Å². The Morgan fingerprint density at radius 3 is 2.72 bits per heavy atom. The van der Waals surface area contributed by atoms with Crippen molar-refractivity contribution in [2.75, 3.05) is 5.73 Å². The molecule has 3 rings (SSSR count). The minimum Gasteiger partial charge on any atom is -0.398 e. The van der Waals surface area contributed by atoms with Crippen LogP contribution in [0.15, 0.2) is 18.2 Å². The fourth-order valence-electron chi connectivity index (χ4n) is 3.90. The highest BCUT2D eigenvalue weighted by Crippen LogP contribution is 2.37. The summed E-state index contributed by atoms with van der Waals surface area (Å²) in [6, 6.07) is 7.12. The molecule has 1 heterocycles. The molecule has 98 valence electrons. The fraction of sp³-hybridized carbons (Fsp3) is 0.625. The number of benzene rings is 1. The third kappa shape index (κ3) is 2.03. The van der Waals surface area contributed by atoms with E-state index in [2.05, 4.69) is 30.9 Å². The van der Waals surface area contributed by atoms with E-state index in [1.807, 2.05) is 6.07 Å². The van der Waals surface area contributed by atoms with Gasteiger partial charge in [-0.15, -0.1) is 0 Å². The Labute approximate surface area is 110 Å². The van der Waals surface area contributed by atoms with Gasteiger partial charge >= 0.3 is 0 Å². The van der Waals surface area contributed by atoms with Crippen LogP contribution in [0.3, 0.4) is 0 Å². The molecular formula is C16H24N2. The largest absolute Gasteiger partial charge is 0.398 e. The van der Waals surface area contributed by atoms with E-state index >= 15 is 0 Å². The van der Waals surface area contributed by atoms with Gasteiger partial charge in [-0.25, -0.2) is 0 Å². The average Bonchev–Trinajstić information content (AvgIpc) is 2.74. The second-order valence-corrected chi connectivity index (χ2v) is 6.35. The van der Waals surface area contributed by atoms with Crippen molar-refractivity contribution in [3.8, 4) is 0 Å². The number of nitrogens with zero attached hydrogens (tertiary/aromatic N) is 1. The van der Waals surface area contributed by atoms with E-state index in [1.54, 1.807) is 0 Å². The first-order valence-corrected chi connectivity index (χ1v) is 7.25. The summed E-state index contributed by atoms with van der Waals surface area (Å²) >= 11 is 0. The molecule has 1 aliphatic carbocycles. The molecule has 0 radical (unpaired) electrons. The molecule has 1 fully saturated rings. The zero-order valence-electron chi connectivity index (χ0n) is 11.5. The molecule has 1 aromatic rings. The molecule has 2 heteroatoms. The molecule has 0 spiro atoms. The molecule has 1 saturated carbocycles. The molecule has 18 heavy (non-hydrogen) atoms. The van der Waals surface area contributed by atoms with Crippen LogP contribution < -0.4 is 5.73 Å². The predicted octanol–water partition coefficient (Wildman–Crippen LogP) is 3.41. The SMILES string of the molecule is CC1CCC(N2Cc3cccc(N)c3C2)C(C)C1. The van der Waals surface area contributed by atoms with Gasteiger partial charge in [0.1, 0.15) is 0 Å². The van der Waals surface area contributed by atoms with Crippen molar-refractivity contribution in [3.05, 3.63) is 29.3 Å². The van der Waals surface area contributed by atoms with Crippen LogP contribution >= 0.6 is 0 Å². The van der Waals surface area contributed by atoms with Crippen LogP contribution in [0.25, 0.3) is 0 Å². The molecular weight excluding hydrogens is 220 g/mol. The minimum absolute atomic E-state index is 0.757. The number of hydrogen-bond acceptors (Lipinski definition) is 2. The molecule has 2 nitrogen and oxygen atoms in total. The van der Waals surface area contributed by atoms with Crippen LogP contribution in [0, 0.1) is 11.8 Å². The van der Waals surface area contributed by atoms with Gasteiger partial charge in [0.2, 0.25) is 0 Å². The second-order valence-electron chi connectivity index (χ2n) is 6.35. The standard InChI is InChI=1S/C16H24N2/c1-11-6-7-16(12(2)8-11)18-9-13-4-3-5-15(17)14(13)10-18/h3-5,11-12,16H,6-10,17H2,1-2H3. The third-order valence-corrected chi connectivity index (χ3v) is 4.90. The Hall–Kier alpha value is -1.02. The molecule has 0 bridgehead atoms. The summed E-state index contributed by atoms with van der Waals surface area (Å²) in [7, 11) is 0. The summed E-state index contributed by atoms with van der Waals surface area (Å²) in [6.45, 7) is 6.98. The van der Waals surface area contributed by atoms with Crippen LogP contribution in [-0.2, 0) is 13.1 Å². The maximum absolute atomic E-state index is 6.09. The van der Waals surface area contributed by atoms with Crippen molar-refractivity contribution < 1.29 is 0 Å². The first-order valence-electron chi connectivity index (χ1n) is 7.25. The van der Waals surface area contributed by atoms with Crippen molar-refractivity contribution in [1.29, 1.82) is 0 Å². The molecule has 1 aromatic carbocycles. The first-order chi connectivity index (χ1) is 8.65. The number of anilines is 1. The van der Waals surface area contributed by atoms with Crippen molar-refractivity contribution in [3.63, 3.8) is 0 Å². The van der Waals surface area contributed by atoms with Crippen LogP contribution in [-0.4, -0.2) is 10.9 Å². The highest BCUT2D eigenvalue weighted by molar-refractivity contribution is 5.52. The number of nitrogen functional groups attached to an aromatic ring is 1. The van der Waals surface area contributed by atoms with Gasteiger partial charge < -0.3 is 5.73 Å². The van der Waals surface area contributed by atoms with Crippen molar-refractivity contribution in [2.45, 2.75) is 52.2 Å². The van der Waals surface area contributed by atoms with Gasteiger partial charge in [0.25, 0.3) is 0 Å². The summed E-state index contributed by atoms with van der Waals surface area (Å²) < 4.78 is 0. The zero-order valence-corrected chi connectivity index (χ0v) is 11.5. The lowest BCUT2D eigenvalue weighted by Gasteiger charge is -2.38. The summed E-state index contributed by atoms with van der Waals surface area (Å²) in [6.07, 6.45) is 4.13. The minimum atomic E-state index is 0.757. The molecule has 0 aromatic heterocycles. The van der Waals surface area contributed by atoms with Crippen LogP contribution in [0.1, 0.15) is 44.2 Å². The van der Waals surface area contributed by atoms with E-state index in [1.165, 1.54) is 30.4 Å². The molecule has 0 saturated heterocycles. The monoisotopic (exact) mass is 244 g/mol. The lowest BCUT2D eigenvalue weighted by molar-refractivity contribution is 0.0916.